The summed E-state index contributed by atoms with van der Waals surface area (Å²) in [7, 11) is 0. The first-order valence-corrected chi connectivity index (χ1v) is 9.77. The van der Waals surface area contributed by atoms with Crippen LogP contribution < -0.4 is 0 Å². The number of aryl methyl sites for hydroxylation is 1. The summed E-state index contributed by atoms with van der Waals surface area (Å²) >= 11 is 0. The molecule has 0 fully saturated rings. The molecule has 2 nitrogen and oxygen atoms in total. The van der Waals surface area contributed by atoms with Gasteiger partial charge in [-0.05, 0) is 29.8 Å². The van der Waals surface area contributed by atoms with Crippen molar-refractivity contribution >= 4 is 10.8 Å². The molecular weight excluding hydrogens is 352 g/mol. The van der Waals surface area contributed by atoms with Crippen LogP contribution in [0.4, 0.5) is 0 Å². The molecule has 0 N–H and O–H groups in total. The Morgan fingerprint density at radius 1 is 0.483 bits per heavy atom. The normalized spacial score (nSPS) is 10.9. The second-order valence-corrected chi connectivity index (χ2v) is 7.26. The van der Waals surface area contributed by atoms with Gasteiger partial charge in [0.15, 0.2) is 5.82 Å². The molecule has 0 aliphatic heterocycles. The van der Waals surface area contributed by atoms with Crippen molar-refractivity contribution in [2.75, 3.05) is 0 Å². The highest BCUT2D eigenvalue weighted by Crippen LogP contribution is 2.29. The summed E-state index contributed by atoms with van der Waals surface area (Å²) in [6.45, 7) is 2.10. The molecule has 1 aromatic heterocycles. The maximum Gasteiger partial charge on any atom is 0.160 e. The first-order chi connectivity index (χ1) is 14.3. The summed E-state index contributed by atoms with van der Waals surface area (Å²) in [5, 5.41) is 2.44. The zero-order valence-corrected chi connectivity index (χ0v) is 16.2. The second-order valence-electron chi connectivity index (χ2n) is 7.26. The van der Waals surface area contributed by atoms with Gasteiger partial charge in [0.2, 0.25) is 0 Å². The molecule has 0 saturated carbocycles. The molecule has 2 heteroatoms. The third kappa shape index (κ3) is 3.53. The molecule has 0 aliphatic carbocycles. The Bertz CT molecular complexity index is 1290. The van der Waals surface area contributed by atoms with Crippen molar-refractivity contribution in [1.29, 1.82) is 0 Å². The van der Waals surface area contributed by atoms with E-state index in [2.05, 4.69) is 91.9 Å². The number of hydrogen-bond donors (Lipinski definition) is 0. The number of aromatic nitrogens is 2. The number of nitrogens with zero attached hydrogens (tertiary/aromatic N) is 2. The molecule has 0 aliphatic rings. The Hall–Kier alpha value is -3.78. The van der Waals surface area contributed by atoms with Gasteiger partial charge in [0.25, 0.3) is 0 Å². The van der Waals surface area contributed by atoms with Gasteiger partial charge in [-0.2, -0.15) is 0 Å². The smallest absolute Gasteiger partial charge is 0.160 e. The van der Waals surface area contributed by atoms with Gasteiger partial charge in [-0.15, -0.1) is 0 Å². The van der Waals surface area contributed by atoms with Crippen molar-refractivity contribution in [3.8, 4) is 33.9 Å². The Kier molecular flexibility index (Phi) is 4.38. The highest BCUT2D eigenvalue weighted by molar-refractivity contribution is 5.87. The fraction of sp³-hybridized carbons (Fsp3) is 0.0370. The van der Waals surface area contributed by atoms with Gasteiger partial charge >= 0.3 is 0 Å². The predicted molar refractivity (Wildman–Crippen MR) is 121 cm³/mol. The minimum absolute atomic E-state index is 0.742. The van der Waals surface area contributed by atoms with Gasteiger partial charge in [-0.1, -0.05) is 96.6 Å². The van der Waals surface area contributed by atoms with Crippen molar-refractivity contribution in [2.24, 2.45) is 0 Å². The monoisotopic (exact) mass is 372 g/mol. The average molecular weight is 372 g/mol. The van der Waals surface area contributed by atoms with E-state index in [1.165, 1.54) is 16.3 Å². The first-order valence-electron chi connectivity index (χ1n) is 9.77. The highest BCUT2D eigenvalue weighted by Gasteiger charge is 2.11. The molecule has 0 saturated heterocycles. The molecule has 4 aromatic carbocycles. The molecule has 0 spiro atoms. The van der Waals surface area contributed by atoms with Crippen LogP contribution in [0.25, 0.3) is 44.7 Å². The Labute approximate surface area is 170 Å². The van der Waals surface area contributed by atoms with Crippen LogP contribution in [0.15, 0.2) is 103 Å². The zero-order valence-electron chi connectivity index (χ0n) is 16.2. The van der Waals surface area contributed by atoms with E-state index in [0.717, 1.165) is 33.9 Å². The van der Waals surface area contributed by atoms with E-state index < -0.39 is 0 Å². The number of hydrogen-bond acceptors (Lipinski definition) is 2. The molecule has 0 radical (unpaired) electrons. The number of rotatable bonds is 3. The second kappa shape index (κ2) is 7.33. The lowest BCUT2D eigenvalue weighted by Gasteiger charge is -2.10. The predicted octanol–water partition coefficient (Wildman–Crippen LogP) is 6.94. The van der Waals surface area contributed by atoms with Crippen molar-refractivity contribution in [2.45, 2.75) is 6.92 Å². The third-order valence-corrected chi connectivity index (χ3v) is 5.15. The van der Waals surface area contributed by atoms with Crippen LogP contribution >= 0.6 is 0 Å². The maximum absolute atomic E-state index is 4.91. The number of fused-ring (bicyclic) bond motifs is 1. The molecular formula is C27H20N2. The van der Waals surface area contributed by atoms with Gasteiger partial charge < -0.3 is 0 Å². The molecule has 0 amide bonds. The summed E-state index contributed by atoms with van der Waals surface area (Å²) in [5.41, 5.74) is 6.31. The molecule has 0 bridgehead atoms. The van der Waals surface area contributed by atoms with Crippen LogP contribution in [0, 0.1) is 6.92 Å². The molecule has 29 heavy (non-hydrogen) atoms. The fourth-order valence-corrected chi connectivity index (χ4v) is 3.53. The van der Waals surface area contributed by atoms with Gasteiger partial charge in [0, 0.05) is 16.7 Å². The van der Waals surface area contributed by atoms with Crippen LogP contribution in [0.3, 0.4) is 0 Å². The molecule has 5 rings (SSSR count). The molecule has 0 unspecified atom stereocenters. The quantitative estimate of drug-likeness (QED) is 0.343. The van der Waals surface area contributed by atoms with Gasteiger partial charge in [0.1, 0.15) is 0 Å². The van der Waals surface area contributed by atoms with E-state index in [4.69, 9.17) is 9.97 Å². The first kappa shape index (κ1) is 17.3. The summed E-state index contributed by atoms with van der Waals surface area (Å²) in [5.74, 6) is 0.742. The van der Waals surface area contributed by atoms with Crippen molar-refractivity contribution in [3.05, 3.63) is 109 Å². The fourth-order valence-electron chi connectivity index (χ4n) is 3.53. The zero-order chi connectivity index (χ0) is 19.6. The van der Waals surface area contributed by atoms with Crippen molar-refractivity contribution < 1.29 is 0 Å². The summed E-state index contributed by atoms with van der Waals surface area (Å²) in [4.78, 5) is 9.79. The molecule has 0 atom stereocenters. The van der Waals surface area contributed by atoms with E-state index in [1.807, 2.05) is 18.2 Å². The Morgan fingerprint density at radius 3 is 1.86 bits per heavy atom. The minimum Gasteiger partial charge on any atom is -0.228 e. The summed E-state index contributed by atoms with van der Waals surface area (Å²) in [6, 6.07) is 35.6. The topological polar surface area (TPSA) is 25.8 Å². The van der Waals surface area contributed by atoms with Crippen LogP contribution in [0.1, 0.15) is 5.56 Å². The number of benzene rings is 4. The molecule has 5 aromatic rings. The standard InChI is InChI=1S/C27H20N2/c1-19-11-13-21(14-12-19)25-18-26(29-27(28-25)22-8-3-2-4-9-22)24-16-15-20-7-5-6-10-23(20)17-24/h2-18H,1H3. The van der Waals surface area contributed by atoms with E-state index >= 15 is 0 Å². The van der Waals surface area contributed by atoms with E-state index in [1.54, 1.807) is 0 Å². The maximum atomic E-state index is 4.91. The third-order valence-electron chi connectivity index (χ3n) is 5.15. The summed E-state index contributed by atoms with van der Waals surface area (Å²) < 4.78 is 0. The lowest BCUT2D eigenvalue weighted by Crippen LogP contribution is -1.96. The Balaban J connectivity index is 1.71. The van der Waals surface area contributed by atoms with Crippen LogP contribution in [-0.2, 0) is 0 Å². The van der Waals surface area contributed by atoms with Gasteiger partial charge in [-0.25, -0.2) is 9.97 Å². The average Bonchev–Trinajstić information content (AvgIpc) is 2.79. The molecule has 1 heterocycles. The van der Waals surface area contributed by atoms with Gasteiger partial charge in [-0.3, -0.25) is 0 Å². The van der Waals surface area contributed by atoms with E-state index in [0.29, 0.717) is 0 Å². The lowest BCUT2D eigenvalue weighted by molar-refractivity contribution is 1.18. The van der Waals surface area contributed by atoms with Gasteiger partial charge in [0.05, 0.1) is 11.4 Å². The SMILES string of the molecule is Cc1ccc(-c2cc(-c3ccc4ccccc4c3)nc(-c3ccccc3)n2)cc1. The largest absolute Gasteiger partial charge is 0.228 e. The van der Waals surface area contributed by atoms with Crippen molar-refractivity contribution in [1.82, 2.24) is 9.97 Å². The van der Waals surface area contributed by atoms with Crippen LogP contribution in [-0.4, -0.2) is 9.97 Å². The van der Waals surface area contributed by atoms with E-state index in [9.17, 15) is 0 Å². The Morgan fingerprint density at radius 2 is 1.10 bits per heavy atom. The minimum atomic E-state index is 0.742. The lowest BCUT2D eigenvalue weighted by atomic mass is 10.0. The van der Waals surface area contributed by atoms with Crippen molar-refractivity contribution in [3.63, 3.8) is 0 Å². The van der Waals surface area contributed by atoms with Crippen LogP contribution in [0.5, 0.6) is 0 Å². The van der Waals surface area contributed by atoms with Crippen LogP contribution in [0.2, 0.25) is 0 Å². The molecule has 138 valence electrons. The summed E-state index contributed by atoms with van der Waals surface area (Å²) in [6.07, 6.45) is 0. The van der Waals surface area contributed by atoms with E-state index in [-0.39, 0.29) is 0 Å². The highest BCUT2D eigenvalue weighted by atomic mass is 14.9.